The summed E-state index contributed by atoms with van der Waals surface area (Å²) in [5, 5.41) is 5.78. The minimum Gasteiger partial charge on any atom is -0.496 e. The van der Waals surface area contributed by atoms with Crippen LogP contribution in [0.3, 0.4) is 0 Å². The van der Waals surface area contributed by atoms with Crippen molar-refractivity contribution in [2.24, 2.45) is 0 Å². The summed E-state index contributed by atoms with van der Waals surface area (Å²) in [6.45, 7) is 2.33. The highest BCUT2D eigenvalue weighted by molar-refractivity contribution is 9.10. The Hall–Kier alpha value is -1.53. The van der Waals surface area contributed by atoms with Crippen molar-refractivity contribution < 1.29 is 9.53 Å². The number of halogens is 2. The Balaban J connectivity index is 1.94. The fraction of sp³-hybridized carbons (Fsp3) is 0.235. The van der Waals surface area contributed by atoms with Crippen LogP contribution in [-0.4, -0.2) is 13.1 Å². The molecule has 0 aliphatic rings. The molecule has 0 radical (unpaired) electrons. The fourth-order valence-electron chi connectivity index (χ4n) is 2.17. The number of hydrogen-bond acceptors (Lipinski definition) is 2. The summed E-state index contributed by atoms with van der Waals surface area (Å²) in [6, 6.07) is 13.3. The molecule has 23 heavy (non-hydrogen) atoms. The van der Waals surface area contributed by atoms with Gasteiger partial charge in [-0.25, -0.2) is 4.79 Å². The Morgan fingerprint density at radius 1 is 1.17 bits per heavy atom. The molecule has 0 fully saturated rings. The molecular formula is C17H18Br2N2O2. The van der Waals surface area contributed by atoms with Crippen LogP contribution in [0.25, 0.3) is 0 Å². The van der Waals surface area contributed by atoms with Gasteiger partial charge in [-0.1, -0.05) is 44.0 Å². The zero-order valence-corrected chi connectivity index (χ0v) is 16.1. The molecule has 1 unspecified atom stereocenters. The van der Waals surface area contributed by atoms with Gasteiger partial charge < -0.3 is 15.4 Å². The molecule has 0 saturated carbocycles. The van der Waals surface area contributed by atoms with E-state index < -0.39 is 0 Å². The number of benzene rings is 2. The van der Waals surface area contributed by atoms with Crippen LogP contribution in [-0.2, 0) is 6.54 Å². The highest BCUT2D eigenvalue weighted by atomic mass is 79.9. The molecule has 122 valence electrons. The number of rotatable bonds is 5. The van der Waals surface area contributed by atoms with Gasteiger partial charge in [-0.2, -0.15) is 0 Å². The van der Waals surface area contributed by atoms with E-state index in [-0.39, 0.29) is 12.1 Å². The molecule has 0 heterocycles. The number of methoxy groups -OCH3 is 1. The summed E-state index contributed by atoms with van der Waals surface area (Å²) in [4.78, 5) is 12.1. The first-order valence-electron chi connectivity index (χ1n) is 7.12. The zero-order chi connectivity index (χ0) is 16.8. The first-order valence-corrected chi connectivity index (χ1v) is 8.70. The van der Waals surface area contributed by atoms with E-state index in [0.717, 1.165) is 25.8 Å². The lowest BCUT2D eigenvalue weighted by atomic mass is 10.1. The van der Waals surface area contributed by atoms with Gasteiger partial charge >= 0.3 is 6.03 Å². The van der Waals surface area contributed by atoms with Crippen LogP contribution in [0.2, 0.25) is 0 Å². The van der Waals surface area contributed by atoms with E-state index in [4.69, 9.17) is 4.74 Å². The van der Waals surface area contributed by atoms with E-state index >= 15 is 0 Å². The molecule has 2 aromatic carbocycles. The van der Waals surface area contributed by atoms with Crippen LogP contribution in [0, 0.1) is 0 Å². The van der Waals surface area contributed by atoms with Crippen molar-refractivity contribution in [3.05, 3.63) is 62.5 Å². The van der Waals surface area contributed by atoms with Gasteiger partial charge in [-0.3, -0.25) is 0 Å². The maximum absolute atomic E-state index is 12.1. The van der Waals surface area contributed by atoms with Gasteiger partial charge in [0, 0.05) is 21.1 Å². The van der Waals surface area contributed by atoms with E-state index in [1.807, 2.05) is 49.4 Å². The van der Waals surface area contributed by atoms with Gasteiger partial charge in [-0.05, 0) is 42.8 Å². The lowest BCUT2D eigenvalue weighted by Gasteiger charge is -2.16. The summed E-state index contributed by atoms with van der Waals surface area (Å²) in [7, 11) is 1.61. The van der Waals surface area contributed by atoms with Crippen molar-refractivity contribution >= 4 is 37.9 Å². The molecular weight excluding hydrogens is 424 g/mol. The molecule has 0 aromatic heterocycles. The van der Waals surface area contributed by atoms with Gasteiger partial charge in [0.15, 0.2) is 0 Å². The second kappa shape index (κ2) is 8.36. The van der Waals surface area contributed by atoms with Crippen LogP contribution in [0.15, 0.2) is 51.4 Å². The molecule has 2 amide bonds. The normalized spacial score (nSPS) is 11.7. The van der Waals surface area contributed by atoms with Gasteiger partial charge in [0.1, 0.15) is 5.75 Å². The predicted molar refractivity (Wildman–Crippen MR) is 98.6 cm³/mol. The van der Waals surface area contributed by atoms with Crippen LogP contribution in [0.5, 0.6) is 5.75 Å². The van der Waals surface area contributed by atoms with Gasteiger partial charge in [0.25, 0.3) is 0 Å². The zero-order valence-electron chi connectivity index (χ0n) is 12.9. The standard InChI is InChI=1S/C17H18Br2N2O2/c1-11(12-4-3-5-14(18)8-12)21-17(22)20-10-13-9-15(19)6-7-16(13)23-2/h3-9,11H,10H2,1-2H3,(H2,20,21,22). The van der Waals surface area contributed by atoms with Gasteiger partial charge in [0.2, 0.25) is 0 Å². The average molecular weight is 442 g/mol. The van der Waals surface area contributed by atoms with Crippen LogP contribution < -0.4 is 15.4 Å². The molecule has 0 bridgehead atoms. The molecule has 1 atom stereocenters. The number of amides is 2. The first-order chi connectivity index (χ1) is 11.0. The number of ether oxygens (including phenoxy) is 1. The van der Waals surface area contributed by atoms with Crippen LogP contribution in [0.1, 0.15) is 24.1 Å². The maximum atomic E-state index is 12.1. The predicted octanol–water partition coefficient (Wildman–Crippen LogP) is 4.78. The molecule has 2 aromatic rings. The number of urea groups is 1. The molecule has 0 aliphatic heterocycles. The monoisotopic (exact) mass is 440 g/mol. The Bertz CT molecular complexity index is 692. The van der Waals surface area contributed by atoms with E-state index in [9.17, 15) is 4.79 Å². The topological polar surface area (TPSA) is 50.4 Å². The summed E-state index contributed by atoms with van der Waals surface area (Å²) in [5.41, 5.74) is 1.95. The minimum absolute atomic E-state index is 0.0862. The summed E-state index contributed by atoms with van der Waals surface area (Å²) in [5.74, 6) is 0.744. The number of carbonyl (C=O) groups is 1. The number of carbonyl (C=O) groups excluding carboxylic acids is 1. The summed E-state index contributed by atoms with van der Waals surface area (Å²) < 4.78 is 7.23. The van der Waals surface area contributed by atoms with Crippen molar-refractivity contribution in [1.82, 2.24) is 10.6 Å². The first kappa shape index (κ1) is 17.8. The van der Waals surface area contributed by atoms with Crippen molar-refractivity contribution in [1.29, 1.82) is 0 Å². The molecule has 2 N–H and O–H groups in total. The average Bonchev–Trinajstić information content (AvgIpc) is 2.53. The maximum Gasteiger partial charge on any atom is 0.315 e. The minimum atomic E-state index is -0.223. The Morgan fingerprint density at radius 3 is 2.61 bits per heavy atom. The van der Waals surface area contributed by atoms with Crippen molar-refractivity contribution in [3.8, 4) is 5.75 Å². The van der Waals surface area contributed by atoms with Crippen molar-refractivity contribution in [3.63, 3.8) is 0 Å². The SMILES string of the molecule is COc1ccc(Br)cc1CNC(=O)NC(C)c1cccc(Br)c1. The molecule has 0 saturated heterocycles. The lowest BCUT2D eigenvalue weighted by molar-refractivity contribution is 0.237. The summed E-state index contributed by atoms with van der Waals surface area (Å²) in [6.07, 6.45) is 0. The van der Waals surface area contributed by atoms with E-state index in [1.165, 1.54) is 0 Å². The smallest absolute Gasteiger partial charge is 0.315 e. The van der Waals surface area contributed by atoms with Gasteiger partial charge in [0.05, 0.1) is 13.2 Å². The van der Waals surface area contributed by atoms with Crippen LogP contribution >= 0.6 is 31.9 Å². The summed E-state index contributed by atoms with van der Waals surface area (Å²) >= 11 is 6.86. The van der Waals surface area contributed by atoms with E-state index in [0.29, 0.717) is 6.54 Å². The molecule has 2 rings (SSSR count). The second-order valence-electron chi connectivity index (χ2n) is 5.06. The van der Waals surface area contributed by atoms with E-state index in [1.54, 1.807) is 7.11 Å². The molecule has 0 spiro atoms. The Labute approximate surface area is 152 Å². The fourth-order valence-corrected chi connectivity index (χ4v) is 2.99. The highest BCUT2D eigenvalue weighted by Crippen LogP contribution is 2.23. The largest absolute Gasteiger partial charge is 0.496 e. The third-order valence-electron chi connectivity index (χ3n) is 3.38. The highest BCUT2D eigenvalue weighted by Gasteiger charge is 2.11. The van der Waals surface area contributed by atoms with Gasteiger partial charge in [-0.15, -0.1) is 0 Å². The number of hydrogen-bond donors (Lipinski definition) is 2. The van der Waals surface area contributed by atoms with Crippen molar-refractivity contribution in [2.75, 3.05) is 7.11 Å². The molecule has 4 nitrogen and oxygen atoms in total. The quantitative estimate of drug-likeness (QED) is 0.701. The second-order valence-corrected chi connectivity index (χ2v) is 6.89. The molecule has 6 heteroatoms. The molecule has 0 aliphatic carbocycles. The van der Waals surface area contributed by atoms with Crippen LogP contribution in [0.4, 0.5) is 4.79 Å². The van der Waals surface area contributed by atoms with Crippen molar-refractivity contribution in [2.45, 2.75) is 19.5 Å². The third-order valence-corrected chi connectivity index (χ3v) is 4.36. The Kier molecular flexibility index (Phi) is 6.47. The lowest BCUT2D eigenvalue weighted by Crippen LogP contribution is -2.36. The third kappa shape index (κ3) is 5.25. The number of nitrogens with one attached hydrogen (secondary N) is 2. The Morgan fingerprint density at radius 2 is 1.91 bits per heavy atom. The van der Waals surface area contributed by atoms with E-state index in [2.05, 4.69) is 42.5 Å².